The highest BCUT2D eigenvalue weighted by Gasteiger charge is 2.33. The second-order valence-corrected chi connectivity index (χ2v) is 13.3. The quantitative estimate of drug-likeness (QED) is 0.0945. The molecule has 51 heavy (non-hydrogen) atoms. The van der Waals surface area contributed by atoms with Crippen LogP contribution in [0.1, 0.15) is 71.4 Å². The lowest BCUT2D eigenvalue weighted by atomic mass is 9.99. The van der Waals surface area contributed by atoms with Crippen LogP contribution in [0.3, 0.4) is 0 Å². The van der Waals surface area contributed by atoms with Gasteiger partial charge in [0.15, 0.2) is 0 Å². The molecule has 2 rings (SSSR count). The first-order chi connectivity index (χ1) is 24.2. The summed E-state index contributed by atoms with van der Waals surface area (Å²) in [4.78, 5) is 78.3. The molecule has 5 amide bonds. The summed E-state index contributed by atoms with van der Waals surface area (Å²) in [6.07, 6.45) is 0.768. The van der Waals surface area contributed by atoms with Crippen LogP contribution in [0.2, 0.25) is 0 Å². The minimum atomic E-state index is -1.24. The van der Waals surface area contributed by atoms with Gasteiger partial charge in [-0.05, 0) is 62.1 Å². The zero-order chi connectivity index (χ0) is 37.9. The molecule has 5 atom stereocenters. The van der Waals surface area contributed by atoms with Gasteiger partial charge in [-0.3, -0.25) is 24.0 Å². The van der Waals surface area contributed by atoms with Gasteiger partial charge in [-0.2, -0.15) is 0 Å². The Labute approximate surface area is 300 Å². The Kier molecular flexibility index (Phi) is 18.2. The molecule has 280 valence electrons. The summed E-state index contributed by atoms with van der Waals surface area (Å²) in [5.74, 6) is -4.23. The van der Waals surface area contributed by atoms with Gasteiger partial charge in [0, 0.05) is 6.42 Å². The number of carbonyl (C=O) groups excluding carboxylic acids is 5. The molecule has 0 spiro atoms. The average Bonchev–Trinajstić information content (AvgIpc) is 3.09. The van der Waals surface area contributed by atoms with Gasteiger partial charge in [0.2, 0.25) is 23.6 Å². The third kappa shape index (κ3) is 15.6. The van der Waals surface area contributed by atoms with Crippen LogP contribution >= 0.6 is 0 Å². The molecule has 0 radical (unpaired) electrons. The SMILES string of the molecule is CC(C)C[C@H](NC(=O)[C@H](CCCCN)NC(=O)C(NC(=O)OCc1ccccc1)C(C)C)C(=O)N[C@@H](Cc1ccccc1)C(=O)N[C@@H](C)C(=O)O. The highest BCUT2D eigenvalue weighted by molar-refractivity contribution is 5.96. The van der Waals surface area contributed by atoms with E-state index in [1.165, 1.54) is 6.92 Å². The number of nitrogens with two attached hydrogens (primary N) is 1. The molecule has 1 unspecified atom stereocenters. The Bertz CT molecular complexity index is 1420. The van der Waals surface area contributed by atoms with Crippen LogP contribution in [0.4, 0.5) is 4.79 Å². The van der Waals surface area contributed by atoms with E-state index < -0.39 is 65.9 Å². The van der Waals surface area contributed by atoms with Gasteiger partial charge in [0.05, 0.1) is 0 Å². The van der Waals surface area contributed by atoms with Crippen LogP contribution in [0.25, 0.3) is 0 Å². The number of hydrogen-bond acceptors (Lipinski definition) is 8. The first-order valence-corrected chi connectivity index (χ1v) is 17.4. The molecule has 0 heterocycles. The third-order valence-corrected chi connectivity index (χ3v) is 8.00. The first kappa shape index (κ1) is 42.2. The van der Waals surface area contributed by atoms with Crippen molar-refractivity contribution >= 4 is 35.7 Å². The fourth-order valence-corrected chi connectivity index (χ4v) is 5.13. The van der Waals surface area contributed by atoms with Crippen molar-refractivity contribution in [2.24, 2.45) is 17.6 Å². The number of aliphatic carboxylic acids is 1. The minimum absolute atomic E-state index is 0.00891. The van der Waals surface area contributed by atoms with Gasteiger partial charge in [-0.1, -0.05) is 88.4 Å². The molecule has 0 aliphatic rings. The zero-order valence-corrected chi connectivity index (χ0v) is 30.1. The van der Waals surface area contributed by atoms with Crippen LogP contribution < -0.4 is 32.3 Å². The molecular weight excluding hydrogens is 656 g/mol. The Morgan fingerprint density at radius 3 is 1.75 bits per heavy atom. The molecule has 0 aromatic heterocycles. The van der Waals surface area contributed by atoms with Crippen LogP contribution in [0.15, 0.2) is 60.7 Å². The molecule has 0 fully saturated rings. The van der Waals surface area contributed by atoms with Crippen LogP contribution in [0.5, 0.6) is 0 Å². The van der Waals surface area contributed by atoms with Gasteiger partial charge < -0.3 is 42.2 Å². The van der Waals surface area contributed by atoms with Gasteiger partial charge >= 0.3 is 12.1 Å². The predicted octanol–water partition coefficient (Wildman–Crippen LogP) is 2.40. The van der Waals surface area contributed by atoms with E-state index in [9.17, 15) is 33.9 Å². The molecule has 14 nitrogen and oxygen atoms in total. The lowest BCUT2D eigenvalue weighted by Crippen LogP contribution is -2.59. The van der Waals surface area contributed by atoms with Crippen LogP contribution in [-0.4, -0.2) is 77.6 Å². The molecule has 0 bridgehead atoms. The molecule has 2 aromatic rings. The molecule has 0 aliphatic heterocycles. The van der Waals surface area contributed by atoms with E-state index in [1.807, 2.05) is 32.0 Å². The highest BCUT2D eigenvalue weighted by Crippen LogP contribution is 2.11. The summed E-state index contributed by atoms with van der Waals surface area (Å²) in [7, 11) is 0. The number of carboxylic acids is 1. The van der Waals surface area contributed by atoms with Crippen LogP contribution in [-0.2, 0) is 41.7 Å². The maximum atomic E-state index is 13.8. The average molecular weight is 711 g/mol. The maximum Gasteiger partial charge on any atom is 0.408 e. The van der Waals surface area contributed by atoms with Gasteiger partial charge in [-0.25, -0.2) is 4.79 Å². The molecule has 0 aliphatic carbocycles. The summed E-state index contributed by atoms with van der Waals surface area (Å²) in [6.45, 7) is 8.91. The summed E-state index contributed by atoms with van der Waals surface area (Å²) < 4.78 is 5.30. The molecule has 2 aromatic carbocycles. The smallest absolute Gasteiger partial charge is 0.408 e. The molecule has 8 N–H and O–H groups in total. The van der Waals surface area contributed by atoms with Crippen molar-refractivity contribution in [1.82, 2.24) is 26.6 Å². The number of ether oxygens (including phenoxy) is 1. The summed E-state index contributed by atoms with van der Waals surface area (Å²) in [5.41, 5.74) is 7.19. The van der Waals surface area contributed by atoms with E-state index in [-0.39, 0.29) is 37.7 Å². The van der Waals surface area contributed by atoms with Crippen molar-refractivity contribution in [2.75, 3.05) is 6.54 Å². The number of hydrogen-bond donors (Lipinski definition) is 7. The third-order valence-electron chi connectivity index (χ3n) is 8.00. The van der Waals surface area contributed by atoms with E-state index in [4.69, 9.17) is 10.5 Å². The Balaban J connectivity index is 2.23. The van der Waals surface area contributed by atoms with Crippen molar-refractivity contribution < 1.29 is 38.6 Å². The van der Waals surface area contributed by atoms with E-state index >= 15 is 0 Å². The number of carboxylic acid groups (broad SMARTS) is 1. The zero-order valence-electron chi connectivity index (χ0n) is 30.1. The fraction of sp³-hybridized carbons (Fsp3) is 0.514. The van der Waals surface area contributed by atoms with Crippen molar-refractivity contribution in [3.8, 4) is 0 Å². The van der Waals surface area contributed by atoms with Crippen molar-refractivity contribution in [3.63, 3.8) is 0 Å². The van der Waals surface area contributed by atoms with Crippen molar-refractivity contribution in [3.05, 3.63) is 71.8 Å². The topological polar surface area (TPSA) is 218 Å². The number of unbranched alkanes of at least 4 members (excludes halogenated alkanes) is 1. The Hall–Kier alpha value is -4.98. The van der Waals surface area contributed by atoms with Crippen molar-refractivity contribution in [1.29, 1.82) is 0 Å². The largest absolute Gasteiger partial charge is 0.480 e. The minimum Gasteiger partial charge on any atom is -0.480 e. The lowest BCUT2D eigenvalue weighted by molar-refractivity contribution is -0.141. The molecule has 0 saturated carbocycles. The van der Waals surface area contributed by atoms with Gasteiger partial charge in [0.1, 0.15) is 36.8 Å². The van der Waals surface area contributed by atoms with Gasteiger partial charge in [0.25, 0.3) is 0 Å². The number of carbonyl (C=O) groups is 6. The number of benzene rings is 2. The number of rotatable bonds is 21. The normalized spacial score (nSPS) is 14.0. The first-order valence-electron chi connectivity index (χ1n) is 17.4. The van der Waals surface area contributed by atoms with Gasteiger partial charge in [-0.15, -0.1) is 0 Å². The molecular formula is C37H54N6O8. The second-order valence-electron chi connectivity index (χ2n) is 13.3. The Morgan fingerprint density at radius 2 is 1.20 bits per heavy atom. The number of alkyl carbamates (subject to hydrolysis) is 1. The summed E-state index contributed by atoms with van der Waals surface area (Å²) >= 11 is 0. The maximum absolute atomic E-state index is 13.8. The highest BCUT2D eigenvalue weighted by atomic mass is 16.5. The monoisotopic (exact) mass is 710 g/mol. The fourth-order valence-electron chi connectivity index (χ4n) is 5.13. The van der Waals surface area contributed by atoms with Crippen LogP contribution in [0, 0.1) is 11.8 Å². The number of amides is 5. The number of nitrogens with one attached hydrogen (secondary N) is 5. The van der Waals surface area contributed by atoms with E-state index in [1.54, 1.807) is 56.3 Å². The molecule has 14 heteroatoms. The summed E-state index contributed by atoms with van der Waals surface area (Å²) in [6, 6.07) is 12.4. The standard InChI is InChI=1S/C37H54N6O8/c1-23(2)20-29(34(46)42-30(21-26-14-8-6-9-15-26)33(45)39-25(5)36(48)49)41-32(44)28(18-12-13-19-38)40-35(47)31(24(3)4)43-37(50)51-22-27-16-10-7-11-17-27/h6-11,14-17,23-25,28-31H,12-13,18-22,38H2,1-5H3,(H,39,45)(H,40,47)(H,41,44)(H,42,46)(H,43,50)(H,48,49)/t25-,28-,29-,30-,31?/m0/s1. The molecule has 0 saturated heterocycles. The summed E-state index contributed by atoms with van der Waals surface area (Å²) in [5, 5.41) is 22.5. The van der Waals surface area contributed by atoms with E-state index in [0.717, 1.165) is 11.1 Å². The lowest BCUT2D eigenvalue weighted by Gasteiger charge is -2.28. The van der Waals surface area contributed by atoms with Crippen molar-refractivity contribution in [2.45, 2.75) is 104 Å². The van der Waals surface area contributed by atoms with E-state index in [2.05, 4.69) is 26.6 Å². The predicted molar refractivity (Wildman–Crippen MR) is 192 cm³/mol. The van der Waals surface area contributed by atoms with E-state index in [0.29, 0.717) is 19.4 Å². The second kappa shape index (κ2) is 22.0. The Morgan fingerprint density at radius 1 is 0.667 bits per heavy atom.